The maximum Gasteiger partial charge on any atom is 0.112 e. The van der Waals surface area contributed by atoms with Crippen LogP contribution in [-0.4, -0.2) is 48.8 Å². The largest absolute Gasteiger partial charge is 0.373 e. The van der Waals surface area contributed by atoms with E-state index in [0.29, 0.717) is 6.04 Å². The molecule has 4 nitrogen and oxygen atoms in total. The summed E-state index contributed by atoms with van der Waals surface area (Å²) in [6.07, 6.45) is 4.82. The van der Waals surface area contributed by atoms with Crippen molar-refractivity contribution in [3.63, 3.8) is 0 Å². The van der Waals surface area contributed by atoms with Crippen molar-refractivity contribution >= 4 is 11.3 Å². The van der Waals surface area contributed by atoms with E-state index >= 15 is 0 Å². The minimum Gasteiger partial charge on any atom is -0.373 e. The predicted molar refractivity (Wildman–Crippen MR) is 68.2 cm³/mol. The van der Waals surface area contributed by atoms with E-state index in [1.807, 2.05) is 13.2 Å². The van der Waals surface area contributed by atoms with Gasteiger partial charge in [0.05, 0.1) is 18.8 Å². The highest BCUT2D eigenvalue weighted by Gasteiger charge is 2.42. The molecule has 2 unspecified atom stereocenters. The molecule has 2 atom stereocenters. The van der Waals surface area contributed by atoms with Gasteiger partial charge in [-0.05, 0) is 19.9 Å². The third-order valence-electron chi connectivity index (χ3n) is 3.52. The van der Waals surface area contributed by atoms with E-state index in [1.54, 1.807) is 11.3 Å². The molecule has 0 bridgehead atoms. The van der Waals surface area contributed by atoms with E-state index in [0.717, 1.165) is 25.7 Å². The molecule has 0 radical (unpaired) electrons. The number of morpholine rings is 1. The van der Waals surface area contributed by atoms with Gasteiger partial charge in [-0.2, -0.15) is 0 Å². The molecule has 17 heavy (non-hydrogen) atoms. The van der Waals surface area contributed by atoms with Gasteiger partial charge in [0.2, 0.25) is 0 Å². The number of thiazole rings is 1. The van der Waals surface area contributed by atoms with Gasteiger partial charge in [-0.15, -0.1) is 11.3 Å². The molecule has 2 fully saturated rings. The molecule has 1 aromatic heterocycles. The van der Waals surface area contributed by atoms with E-state index in [-0.39, 0.29) is 6.10 Å². The van der Waals surface area contributed by atoms with Gasteiger partial charge < -0.3 is 10.1 Å². The second-order valence-corrected chi connectivity index (χ2v) is 5.68. The Balaban J connectivity index is 1.83. The van der Waals surface area contributed by atoms with Crippen LogP contribution in [0.25, 0.3) is 0 Å². The van der Waals surface area contributed by atoms with Gasteiger partial charge in [0.1, 0.15) is 5.01 Å². The number of hydrogen-bond acceptors (Lipinski definition) is 5. The Morgan fingerprint density at radius 3 is 3.12 bits per heavy atom. The monoisotopic (exact) mass is 253 g/mol. The third-order valence-corrected chi connectivity index (χ3v) is 4.36. The van der Waals surface area contributed by atoms with E-state index in [9.17, 15) is 0 Å². The first-order valence-electron chi connectivity index (χ1n) is 6.31. The van der Waals surface area contributed by atoms with E-state index in [4.69, 9.17) is 4.74 Å². The molecule has 1 saturated carbocycles. The molecule has 1 aromatic rings. The smallest absolute Gasteiger partial charge is 0.112 e. The van der Waals surface area contributed by atoms with Crippen molar-refractivity contribution in [1.29, 1.82) is 0 Å². The van der Waals surface area contributed by atoms with E-state index < -0.39 is 0 Å². The highest BCUT2D eigenvalue weighted by Crippen LogP contribution is 2.39. The van der Waals surface area contributed by atoms with Crippen molar-refractivity contribution in [3.8, 4) is 0 Å². The minimum atomic E-state index is 0.237. The lowest BCUT2D eigenvalue weighted by Crippen LogP contribution is -2.49. The van der Waals surface area contributed by atoms with Crippen LogP contribution in [0.5, 0.6) is 0 Å². The molecule has 2 heterocycles. The van der Waals surface area contributed by atoms with Crippen molar-refractivity contribution < 1.29 is 4.74 Å². The van der Waals surface area contributed by atoms with Crippen LogP contribution in [0.15, 0.2) is 11.6 Å². The molecule has 1 aliphatic heterocycles. The van der Waals surface area contributed by atoms with Crippen LogP contribution in [0.2, 0.25) is 0 Å². The van der Waals surface area contributed by atoms with Gasteiger partial charge in [0.15, 0.2) is 0 Å². The summed E-state index contributed by atoms with van der Waals surface area (Å²) in [5, 5.41) is 6.50. The Kier molecular flexibility index (Phi) is 3.42. The van der Waals surface area contributed by atoms with Crippen LogP contribution < -0.4 is 5.32 Å². The minimum absolute atomic E-state index is 0.237. The lowest BCUT2D eigenvalue weighted by Gasteiger charge is -2.40. The number of aromatic nitrogens is 1. The standard InChI is InChI=1S/C12H19N3OS/c1-13-8-10-11(12-14-4-7-17-12)15(5-6-16-10)9-2-3-9/h4,7,9-11,13H,2-3,5-6,8H2,1H3. The topological polar surface area (TPSA) is 37.4 Å². The number of hydrogen-bond donors (Lipinski definition) is 1. The van der Waals surface area contributed by atoms with Gasteiger partial charge >= 0.3 is 0 Å². The lowest BCUT2D eigenvalue weighted by molar-refractivity contribution is -0.0740. The molecule has 0 spiro atoms. The molecular weight excluding hydrogens is 234 g/mol. The average Bonchev–Trinajstić information content (AvgIpc) is 3.06. The van der Waals surface area contributed by atoms with Gasteiger partial charge in [0, 0.05) is 30.7 Å². The Hall–Kier alpha value is -0.490. The molecule has 3 rings (SSSR count). The summed E-state index contributed by atoms with van der Waals surface area (Å²) in [6.45, 7) is 2.80. The normalized spacial score (nSPS) is 30.6. The first-order valence-corrected chi connectivity index (χ1v) is 7.19. The molecule has 0 amide bonds. The molecular formula is C12H19N3OS. The molecule has 1 N–H and O–H groups in total. The predicted octanol–water partition coefficient (Wildman–Crippen LogP) is 1.27. The summed E-state index contributed by atoms with van der Waals surface area (Å²) in [6, 6.07) is 1.12. The van der Waals surface area contributed by atoms with Crippen LogP contribution in [0.1, 0.15) is 23.9 Å². The second kappa shape index (κ2) is 5.02. The Morgan fingerprint density at radius 2 is 2.47 bits per heavy atom. The van der Waals surface area contributed by atoms with E-state index in [2.05, 4.69) is 20.6 Å². The maximum absolute atomic E-state index is 5.93. The first kappa shape index (κ1) is 11.6. The molecule has 2 aliphatic rings. The highest BCUT2D eigenvalue weighted by atomic mass is 32.1. The van der Waals surface area contributed by atoms with Crippen LogP contribution in [-0.2, 0) is 4.74 Å². The number of likely N-dealkylation sites (N-methyl/N-ethyl adjacent to an activating group) is 1. The zero-order valence-corrected chi connectivity index (χ0v) is 10.9. The fourth-order valence-electron chi connectivity index (χ4n) is 2.62. The number of nitrogens with zero attached hydrogens (tertiary/aromatic N) is 2. The quantitative estimate of drug-likeness (QED) is 0.877. The Labute approximate surface area is 106 Å². The first-order chi connectivity index (χ1) is 8.40. The van der Waals surface area contributed by atoms with Gasteiger partial charge in [0.25, 0.3) is 0 Å². The maximum atomic E-state index is 5.93. The van der Waals surface area contributed by atoms with Crippen LogP contribution in [0.4, 0.5) is 0 Å². The van der Waals surface area contributed by atoms with Gasteiger partial charge in [-0.1, -0.05) is 0 Å². The van der Waals surface area contributed by atoms with Crippen LogP contribution in [0.3, 0.4) is 0 Å². The fraction of sp³-hybridized carbons (Fsp3) is 0.750. The van der Waals surface area contributed by atoms with E-state index in [1.165, 1.54) is 17.8 Å². The SMILES string of the molecule is CNCC1OCCN(C2CC2)C1c1nccs1. The van der Waals surface area contributed by atoms with Crippen molar-refractivity contribution in [2.45, 2.75) is 31.0 Å². The molecule has 0 aromatic carbocycles. The fourth-order valence-corrected chi connectivity index (χ4v) is 3.43. The summed E-state index contributed by atoms with van der Waals surface area (Å²) >= 11 is 1.75. The lowest BCUT2D eigenvalue weighted by atomic mass is 10.1. The second-order valence-electron chi connectivity index (χ2n) is 4.75. The summed E-state index contributed by atoms with van der Waals surface area (Å²) in [5.41, 5.74) is 0. The summed E-state index contributed by atoms with van der Waals surface area (Å²) in [4.78, 5) is 7.10. The third kappa shape index (κ3) is 2.38. The summed E-state index contributed by atoms with van der Waals surface area (Å²) in [5.74, 6) is 0. The average molecular weight is 253 g/mol. The molecule has 5 heteroatoms. The molecule has 1 saturated heterocycles. The number of rotatable bonds is 4. The van der Waals surface area contributed by atoms with Crippen molar-refractivity contribution in [1.82, 2.24) is 15.2 Å². The Bertz CT molecular complexity index is 351. The number of nitrogens with one attached hydrogen (secondary N) is 1. The van der Waals surface area contributed by atoms with Gasteiger partial charge in [-0.25, -0.2) is 4.98 Å². The van der Waals surface area contributed by atoms with Gasteiger partial charge in [-0.3, -0.25) is 4.90 Å². The Morgan fingerprint density at radius 1 is 1.59 bits per heavy atom. The van der Waals surface area contributed by atoms with Crippen molar-refractivity contribution in [3.05, 3.63) is 16.6 Å². The molecule has 94 valence electrons. The zero-order valence-electron chi connectivity index (χ0n) is 10.1. The molecule has 1 aliphatic carbocycles. The summed E-state index contributed by atoms with van der Waals surface area (Å²) < 4.78 is 5.93. The van der Waals surface area contributed by atoms with Crippen LogP contribution >= 0.6 is 11.3 Å². The summed E-state index contributed by atoms with van der Waals surface area (Å²) in [7, 11) is 1.98. The van der Waals surface area contributed by atoms with Crippen molar-refractivity contribution in [2.24, 2.45) is 0 Å². The zero-order chi connectivity index (χ0) is 11.7. The van der Waals surface area contributed by atoms with Crippen molar-refractivity contribution in [2.75, 3.05) is 26.7 Å². The number of ether oxygens (including phenoxy) is 1. The van der Waals surface area contributed by atoms with Crippen LogP contribution in [0, 0.1) is 0 Å². The highest BCUT2D eigenvalue weighted by molar-refractivity contribution is 7.09.